The van der Waals surface area contributed by atoms with E-state index in [2.05, 4.69) is 15.5 Å². The highest BCUT2D eigenvalue weighted by atomic mass is 35.5. The lowest BCUT2D eigenvalue weighted by Gasteiger charge is -2.10. The largest absolute Gasteiger partial charge is 0.495 e. The molecule has 0 bridgehead atoms. The number of halogens is 2. The van der Waals surface area contributed by atoms with Gasteiger partial charge in [0.15, 0.2) is 11.6 Å². The Morgan fingerprint density at radius 3 is 2.58 bits per heavy atom. The van der Waals surface area contributed by atoms with E-state index in [0.29, 0.717) is 22.5 Å². The molecular weight excluding hydrogens is 353 g/mol. The number of para-hydroxylation sites is 2. The number of fused-ring (bicyclic) bond motifs is 1. The van der Waals surface area contributed by atoms with E-state index < -0.39 is 5.82 Å². The maximum absolute atomic E-state index is 14.8. The summed E-state index contributed by atoms with van der Waals surface area (Å²) in [5, 5.41) is 10.8. The molecule has 4 nitrogen and oxygen atoms in total. The average molecular weight is 368 g/mol. The lowest BCUT2D eigenvalue weighted by atomic mass is 10.0. The molecular formula is C20H15ClFN3O. The highest BCUT2D eigenvalue weighted by Crippen LogP contribution is 2.38. The van der Waals surface area contributed by atoms with E-state index >= 15 is 0 Å². The quantitative estimate of drug-likeness (QED) is 0.481. The van der Waals surface area contributed by atoms with Crippen LogP contribution in [0.15, 0.2) is 60.7 Å². The molecule has 1 aromatic heterocycles. The third kappa shape index (κ3) is 2.76. The van der Waals surface area contributed by atoms with E-state index in [1.807, 2.05) is 60.7 Å². The van der Waals surface area contributed by atoms with Crippen LogP contribution in [0, 0.1) is 5.82 Å². The van der Waals surface area contributed by atoms with Crippen LogP contribution in [0.5, 0.6) is 5.75 Å². The molecule has 26 heavy (non-hydrogen) atoms. The number of nitrogens with zero attached hydrogens (tertiary/aromatic N) is 1. The molecule has 4 rings (SSSR count). The molecule has 6 heteroatoms. The fourth-order valence-electron chi connectivity index (χ4n) is 2.89. The van der Waals surface area contributed by atoms with Crippen LogP contribution in [0.4, 0.5) is 15.9 Å². The van der Waals surface area contributed by atoms with Crippen molar-refractivity contribution in [3.8, 4) is 16.9 Å². The summed E-state index contributed by atoms with van der Waals surface area (Å²) in [6.07, 6.45) is 0. The van der Waals surface area contributed by atoms with Gasteiger partial charge in [-0.1, -0.05) is 54.1 Å². The molecule has 0 aliphatic carbocycles. The van der Waals surface area contributed by atoms with Crippen molar-refractivity contribution in [3.63, 3.8) is 0 Å². The molecule has 0 saturated carbocycles. The maximum Gasteiger partial charge on any atom is 0.168 e. The third-order valence-electron chi connectivity index (χ3n) is 4.19. The molecule has 3 aromatic carbocycles. The number of rotatable bonds is 4. The smallest absolute Gasteiger partial charge is 0.168 e. The minimum Gasteiger partial charge on any atom is -0.495 e. The maximum atomic E-state index is 14.8. The van der Waals surface area contributed by atoms with E-state index in [4.69, 9.17) is 16.3 Å². The summed E-state index contributed by atoms with van der Waals surface area (Å²) in [5.74, 6) is 0.641. The number of anilines is 2. The Kier molecular flexibility index (Phi) is 4.22. The summed E-state index contributed by atoms with van der Waals surface area (Å²) in [6.45, 7) is 0. The normalized spacial score (nSPS) is 10.9. The Bertz CT molecular complexity index is 1080. The number of hydrogen-bond donors (Lipinski definition) is 2. The van der Waals surface area contributed by atoms with Crippen molar-refractivity contribution in [2.45, 2.75) is 0 Å². The van der Waals surface area contributed by atoms with Crippen molar-refractivity contribution < 1.29 is 9.13 Å². The van der Waals surface area contributed by atoms with Gasteiger partial charge in [0.05, 0.1) is 17.8 Å². The Morgan fingerprint density at radius 2 is 1.81 bits per heavy atom. The van der Waals surface area contributed by atoms with Gasteiger partial charge in [0.2, 0.25) is 0 Å². The van der Waals surface area contributed by atoms with E-state index in [0.717, 1.165) is 11.3 Å². The molecule has 0 radical (unpaired) electrons. The van der Waals surface area contributed by atoms with Crippen LogP contribution in [0.1, 0.15) is 0 Å². The predicted octanol–water partition coefficient (Wildman–Crippen LogP) is 5.77. The molecule has 0 atom stereocenters. The van der Waals surface area contributed by atoms with E-state index in [1.165, 1.54) is 0 Å². The first kappa shape index (κ1) is 16.4. The number of hydrogen-bond acceptors (Lipinski definition) is 3. The molecule has 4 aromatic rings. The van der Waals surface area contributed by atoms with Gasteiger partial charge in [-0.3, -0.25) is 5.10 Å². The molecule has 130 valence electrons. The van der Waals surface area contributed by atoms with Gasteiger partial charge >= 0.3 is 0 Å². The van der Waals surface area contributed by atoms with Gasteiger partial charge in [-0.15, -0.1) is 0 Å². The summed E-state index contributed by atoms with van der Waals surface area (Å²) in [4.78, 5) is 0. The number of methoxy groups -OCH3 is 1. The summed E-state index contributed by atoms with van der Waals surface area (Å²) < 4.78 is 20.1. The van der Waals surface area contributed by atoms with Gasteiger partial charge in [0, 0.05) is 10.9 Å². The molecule has 0 amide bonds. The second-order valence-electron chi connectivity index (χ2n) is 5.74. The summed E-state index contributed by atoms with van der Waals surface area (Å²) in [5.41, 5.74) is 2.44. The zero-order valence-corrected chi connectivity index (χ0v) is 14.6. The van der Waals surface area contributed by atoms with Crippen LogP contribution < -0.4 is 10.1 Å². The van der Waals surface area contributed by atoms with Crippen LogP contribution in [-0.4, -0.2) is 17.3 Å². The highest BCUT2D eigenvalue weighted by molar-refractivity contribution is 6.34. The summed E-state index contributed by atoms with van der Waals surface area (Å²) in [6, 6.07) is 18.7. The van der Waals surface area contributed by atoms with Crippen LogP contribution >= 0.6 is 11.6 Å². The number of H-pyrrole nitrogens is 1. The summed E-state index contributed by atoms with van der Waals surface area (Å²) in [7, 11) is 1.59. The van der Waals surface area contributed by atoms with Crippen molar-refractivity contribution >= 4 is 34.0 Å². The van der Waals surface area contributed by atoms with Gasteiger partial charge in [-0.05, 0) is 23.8 Å². The molecule has 1 heterocycles. The highest BCUT2D eigenvalue weighted by Gasteiger charge is 2.18. The number of aromatic nitrogens is 2. The monoisotopic (exact) mass is 367 g/mol. The van der Waals surface area contributed by atoms with Crippen molar-refractivity contribution in [1.82, 2.24) is 10.2 Å². The first-order valence-corrected chi connectivity index (χ1v) is 8.38. The zero-order valence-electron chi connectivity index (χ0n) is 13.9. The van der Waals surface area contributed by atoms with Crippen molar-refractivity contribution in [1.29, 1.82) is 0 Å². The first-order chi connectivity index (χ1) is 12.7. The molecule has 0 fully saturated rings. The Hall–Kier alpha value is -3.05. The Morgan fingerprint density at radius 1 is 1.08 bits per heavy atom. The standard InChI is InChI=1S/C20H15ClFN3O/c1-26-16-10-6-5-9-15(16)23-20-14-11-13(12-7-3-2-4-8-12)17(21)18(22)19(14)24-25-20/h2-11H,1H3,(H2,23,24,25). The average Bonchev–Trinajstić information content (AvgIpc) is 3.08. The second kappa shape index (κ2) is 6.69. The number of aromatic amines is 1. The van der Waals surface area contributed by atoms with Gasteiger partial charge < -0.3 is 10.1 Å². The second-order valence-corrected chi connectivity index (χ2v) is 6.12. The number of nitrogens with one attached hydrogen (secondary N) is 2. The fraction of sp³-hybridized carbons (Fsp3) is 0.0500. The van der Waals surface area contributed by atoms with Crippen molar-refractivity contribution in [2.24, 2.45) is 0 Å². The van der Waals surface area contributed by atoms with E-state index in [-0.39, 0.29) is 10.5 Å². The predicted molar refractivity (Wildman–Crippen MR) is 103 cm³/mol. The number of ether oxygens (including phenoxy) is 1. The van der Waals surface area contributed by atoms with Crippen LogP contribution in [0.3, 0.4) is 0 Å². The van der Waals surface area contributed by atoms with E-state index in [9.17, 15) is 4.39 Å². The molecule has 2 N–H and O–H groups in total. The third-order valence-corrected chi connectivity index (χ3v) is 4.56. The van der Waals surface area contributed by atoms with Gasteiger partial charge in [0.1, 0.15) is 11.3 Å². The summed E-state index contributed by atoms with van der Waals surface area (Å²) >= 11 is 6.26. The van der Waals surface area contributed by atoms with Crippen LogP contribution in [0.2, 0.25) is 5.02 Å². The van der Waals surface area contributed by atoms with Crippen LogP contribution in [-0.2, 0) is 0 Å². The van der Waals surface area contributed by atoms with E-state index in [1.54, 1.807) is 7.11 Å². The van der Waals surface area contributed by atoms with Gasteiger partial charge in [-0.2, -0.15) is 5.10 Å². The fourth-order valence-corrected chi connectivity index (χ4v) is 3.15. The topological polar surface area (TPSA) is 49.9 Å². The van der Waals surface area contributed by atoms with Gasteiger partial charge in [-0.25, -0.2) is 4.39 Å². The lowest BCUT2D eigenvalue weighted by molar-refractivity contribution is 0.417. The molecule has 0 aliphatic heterocycles. The molecule has 0 spiro atoms. The molecule has 0 unspecified atom stereocenters. The minimum atomic E-state index is -0.524. The van der Waals surface area contributed by atoms with Crippen molar-refractivity contribution in [3.05, 3.63) is 71.5 Å². The number of benzene rings is 3. The van der Waals surface area contributed by atoms with Crippen molar-refractivity contribution in [2.75, 3.05) is 12.4 Å². The first-order valence-electron chi connectivity index (χ1n) is 8.00. The van der Waals surface area contributed by atoms with Gasteiger partial charge in [0.25, 0.3) is 0 Å². The SMILES string of the molecule is COc1ccccc1Nc1n[nH]c2c(F)c(Cl)c(-c3ccccc3)cc12. The minimum absolute atomic E-state index is 0.0659. The Balaban J connectivity index is 1.86. The van der Waals surface area contributed by atoms with Crippen LogP contribution in [0.25, 0.3) is 22.0 Å². The Labute approximate surface area is 154 Å². The molecule has 0 saturated heterocycles. The lowest BCUT2D eigenvalue weighted by Crippen LogP contribution is -1.95. The molecule has 0 aliphatic rings. The zero-order chi connectivity index (χ0) is 18.1.